The van der Waals surface area contributed by atoms with E-state index in [2.05, 4.69) is 0 Å². The molecule has 1 heterocycles. The number of hydrogen-bond donors (Lipinski definition) is 6. The molecule has 8 heteroatoms. The van der Waals surface area contributed by atoms with E-state index in [1.54, 1.807) is 0 Å². The molecule has 5 atom stereocenters. The minimum absolute atomic E-state index is 0.0729. The quantitative estimate of drug-likeness (QED) is 0.366. The van der Waals surface area contributed by atoms with E-state index in [-0.39, 0.29) is 18.1 Å². The second kappa shape index (κ2) is 6.56. The number of aromatic hydroxyl groups is 2. The summed E-state index contributed by atoms with van der Waals surface area (Å²) in [6.45, 7) is -0.610. The fraction of sp³-hybridized carbons (Fsp3) is 0.538. The molecule has 6 N–H and O–H groups in total. The highest BCUT2D eigenvalue weighted by Crippen LogP contribution is 2.27. The molecule has 1 aliphatic heterocycles. The molecule has 5 unspecified atom stereocenters. The Kier molecular flexibility index (Phi) is 4.99. The van der Waals surface area contributed by atoms with Gasteiger partial charge in [0.05, 0.1) is 13.2 Å². The van der Waals surface area contributed by atoms with Crippen LogP contribution in [0.2, 0.25) is 0 Å². The summed E-state index contributed by atoms with van der Waals surface area (Å²) < 4.78 is 10.4. The van der Waals surface area contributed by atoms with Crippen molar-refractivity contribution in [3.8, 4) is 11.5 Å². The fourth-order valence-corrected chi connectivity index (χ4v) is 2.04. The van der Waals surface area contributed by atoms with Gasteiger partial charge in [-0.05, 0) is 17.7 Å². The molecule has 0 amide bonds. The van der Waals surface area contributed by atoms with Crippen molar-refractivity contribution >= 4 is 0 Å². The van der Waals surface area contributed by atoms with Crippen molar-refractivity contribution in [3.63, 3.8) is 0 Å². The van der Waals surface area contributed by atoms with Gasteiger partial charge in [-0.3, -0.25) is 0 Å². The van der Waals surface area contributed by atoms with Crippen molar-refractivity contribution in [2.24, 2.45) is 0 Å². The van der Waals surface area contributed by atoms with Gasteiger partial charge in [0, 0.05) is 0 Å². The Morgan fingerprint density at radius 2 is 1.71 bits per heavy atom. The molecular weight excluding hydrogens is 284 g/mol. The predicted molar refractivity (Wildman–Crippen MR) is 68.3 cm³/mol. The number of phenolic OH excluding ortho intramolecular Hbond substituents is 2. The van der Waals surface area contributed by atoms with Crippen molar-refractivity contribution in [1.29, 1.82) is 0 Å². The van der Waals surface area contributed by atoms with Gasteiger partial charge >= 0.3 is 0 Å². The molecule has 1 fully saturated rings. The van der Waals surface area contributed by atoms with Gasteiger partial charge in [0.25, 0.3) is 0 Å². The van der Waals surface area contributed by atoms with E-state index in [0.29, 0.717) is 5.56 Å². The first-order chi connectivity index (χ1) is 9.93. The highest BCUT2D eigenvalue weighted by Gasteiger charge is 2.43. The van der Waals surface area contributed by atoms with Crippen LogP contribution in [-0.4, -0.2) is 68.0 Å². The maximum absolute atomic E-state index is 9.77. The first kappa shape index (κ1) is 16.0. The van der Waals surface area contributed by atoms with Crippen molar-refractivity contribution in [2.75, 3.05) is 6.61 Å². The molecule has 21 heavy (non-hydrogen) atoms. The monoisotopic (exact) mass is 302 g/mol. The van der Waals surface area contributed by atoms with Gasteiger partial charge in [-0.1, -0.05) is 6.07 Å². The number of ether oxygens (including phenoxy) is 2. The zero-order chi connectivity index (χ0) is 15.6. The van der Waals surface area contributed by atoms with Crippen molar-refractivity contribution < 1.29 is 40.1 Å². The molecule has 0 aliphatic carbocycles. The summed E-state index contributed by atoms with van der Waals surface area (Å²) in [6, 6.07) is 4.06. The Morgan fingerprint density at radius 1 is 1.00 bits per heavy atom. The first-order valence-electron chi connectivity index (χ1n) is 6.37. The van der Waals surface area contributed by atoms with E-state index in [4.69, 9.17) is 14.6 Å². The third-order valence-corrected chi connectivity index (χ3v) is 3.30. The third kappa shape index (κ3) is 3.43. The number of rotatable bonds is 4. The van der Waals surface area contributed by atoms with Gasteiger partial charge in [-0.25, -0.2) is 0 Å². The average molecular weight is 302 g/mol. The highest BCUT2D eigenvalue weighted by atomic mass is 16.7. The molecular formula is C13H18O8. The maximum atomic E-state index is 9.77. The number of hydrogen-bond acceptors (Lipinski definition) is 8. The lowest BCUT2D eigenvalue weighted by molar-refractivity contribution is -0.304. The van der Waals surface area contributed by atoms with Crippen LogP contribution in [0.25, 0.3) is 0 Å². The van der Waals surface area contributed by atoms with E-state index < -0.39 is 37.3 Å². The molecule has 1 aliphatic rings. The van der Waals surface area contributed by atoms with Crippen LogP contribution >= 0.6 is 0 Å². The van der Waals surface area contributed by atoms with E-state index in [1.807, 2.05) is 0 Å². The molecule has 0 bridgehead atoms. The molecule has 1 saturated heterocycles. The molecule has 1 aromatic rings. The molecule has 0 saturated carbocycles. The second-order valence-electron chi connectivity index (χ2n) is 4.83. The summed E-state index contributed by atoms with van der Waals surface area (Å²) in [4.78, 5) is 0. The first-order valence-corrected chi connectivity index (χ1v) is 6.37. The Balaban J connectivity index is 1.99. The van der Waals surface area contributed by atoms with Gasteiger partial charge < -0.3 is 40.1 Å². The lowest BCUT2D eigenvalue weighted by Crippen LogP contribution is -2.59. The van der Waals surface area contributed by atoms with Crippen LogP contribution in [0.15, 0.2) is 18.2 Å². The number of benzene rings is 1. The summed E-state index contributed by atoms with van der Waals surface area (Å²) in [7, 11) is 0. The Bertz CT molecular complexity index is 477. The Morgan fingerprint density at radius 3 is 2.33 bits per heavy atom. The standard InChI is InChI=1S/C13H18O8/c14-4-9-10(17)11(18)12(19)13(21-9)20-5-6-1-2-7(15)8(16)3-6/h1-3,9-19H,4-5H2. The van der Waals surface area contributed by atoms with Crippen LogP contribution in [0, 0.1) is 0 Å². The maximum Gasteiger partial charge on any atom is 0.187 e. The SMILES string of the molecule is OCC1OC(OCc2ccc(O)c(O)c2)C(O)C(O)C1O. The Labute approximate surface area is 120 Å². The normalized spacial score (nSPS) is 33.0. The molecule has 1 aromatic carbocycles. The van der Waals surface area contributed by atoms with Crippen LogP contribution in [-0.2, 0) is 16.1 Å². The number of phenols is 2. The van der Waals surface area contributed by atoms with E-state index in [0.717, 1.165) is 0 Å². The predicted octanol–water partition coefficient (Wildman–Crippen LogP) is -1.59. The molecule has 8 nitrogen and oxygen atoms in total. The largest absolute Gasteiger partial charge is 0.504 e. The highest BCUT2D eigenvalue weighted by molar-refractivity contribution is 5.40. The summed E-state index contributed by atoms with van der Waals surface area (Å²) >= 11 is 0. The van der Waals surface area contributed by atoms with E-state index >= 15 is 0 Å². The van der Waals surface area contributed by atoms with Crippen LogP contribution in [0.4, 0.5) is 0 Å². The molecule has 118 valence electrons. The van der Waals surface area contributed by atoms with Crippen molar-refractivity contribution in [1.82, 2.24) is 0 Å². The van der Waals surface area contributed by atoms with Crippen LogP contribution < -0.4 is 0 Å². The smallest absolute Gasteiger partial charge is 0.187 e. The zero-order valence-corrected chi connectivity index (χ0v) is 11.0. The number of aliphatic hydroxyl groups excluding tert-OH is 4. The Hall–Kier alpha value is -1.42. The van der Waals surface area contributed by atoms with Gasteiger partial charge in [0.1, 0.15) is 24.4 Å². The van der Waals surface area contributed by atoms with Crippen molar-refractivity contribution in [3.05, 3.63) is 23.8 Å². The molecule has 2 rings (SSSR count). The topological polar surface area (TPSA) is 140 Å². The van der Waals surface area contributed by atoms with Gasteiger partial charge in [0.15, 0.2) is 17.8 Å². The van der Waals surface area contributed by atoms with Gasteiger partial charge in [0.2, 0.25) is 0 Å². The van der Waals surface area contributed by atoms with Gasteiger partial charge in [-0.2, -0.15) is 0 Å². The van der Waals surface area contributed by atoms with Crippen LogP contribution in [0.5, 0.6) is 11.5 Å². The third-order valence-electron chi connectivity index (χ3n) is 3.30. The minimum atomic E-state index is -1.51. The van der Waals surface area contributed by atoms with Gasteiger partial charge in [-0.15, -0.1) is 0 Å². The summed E-state index contributed by atoms with van der Waals surface area (Å²) in [6.07, 6.45) is -6.71. The van der Waals surface area contributed by atoms with Crippen LogP contribution in [0.3, 0.4) is 0 Å². The summed E-state index contributed by atoms with van der Waals surface area (Å²) in [5.41, 5.74) is 0.502. The molecule has 0 aromatic heterocycles. The summed E-state index contributed by atoms with van der Waals surface area (Å²) in [5, 5.41) is 56.6. The lowest BCUT2D eigenvalue weighted by atomic mass is 9.99. The van der Waals surface area contributed by atoms with E-state index in [9.17, 15) is 25.5 Å². The van der Waals surface area contributed by atoms with Crippen LogP contribution in [0.1, 0.15) is 5.56 Å². The summed E-state index contributed by atoms with van der Waals surface area (Å²) in [5.74, 6) is -0.587. The number of aliphatic hydroxyl groups is 4. The molecule has 0 radical (unpaired) electrons. The fourth-order valence-electron chi connectivity index (χ4n) is 2.04. The van der Waals surface area contributed by atoms with Crippen molar-refractivity contribution in [2.45, 2.75) is 37.3 Å². The lowest BCUT2D eigenvalue weighted by Gasteiger charge is -2.39. The van der Waals surface area contributed by atoms with E-state index in [1.165, 1.54) is 18.2 Å². The minimum Gasteiger partial charge on any atom is -0.504 e. The zero-order valence-electron chi connectivity index (χ0n) is 11.0. The molecule has 0 spiro atoms. The second-order valence-corrected chi connectivity index (χ2v) is 4.83. The average Bonchev–Trinajstić information content (AvgIpc) is 2.47.